The minimum atomic E-state index is -0.353. The molecule has 0 aliphatic carbocycles. The van der Waals surface area contributed by atoms with Crippen molar-refractivity contribution in [3.63, 3.8) is 0 Å². The maximum Gasteiger partial charge on any atom is 0.338 e. The van der Waals surface area contributed by atoms with Crippen molar-refractivity contribution in [3.05, 3.63) is 72.7 Å². The van der Waals surface area contributed by atoms with Crippen molar-refractivity contribution >= 4 is 23.1 Å². The number of ether oxygens (including phenoxy) is 2. The molecule has 2 aromatic heterocycles. The third kappa shape index (κ3) is 3.75. The van der Waals surface area contributed by atoms with Gasteiger partial charge in [0.1, 0.15) is 17.3 Å². The number of aromatic nitrogens is 3. The van der Waals surface area contributed by atoms with Crippen LogP contribution >= 0.6 is 0 Å². The summed E-state index contributed by atoms with van der Waals surface area (Å²) in [4.78, 5) is 21.0. The molecule has 2 aromatic carbocycles. The first kappa shape index (κ1) is 18.5. The zero-order chi connectivity index (χ0) is 20.2. The summed E-state index contributed by atoms with van der Waals surface area (Å²) in [6, 6.07) is 14.9. The smallest absolute Gasteiger partial charge is 0.338 e. The fourth-order valence-corrected chi connectivity index (χ4v) is 3.05. The van der Waals surface area contributed by atoms with Crippen LogP contribution in [-0.2, 0) is 4.74 Å². The van der Waals surface area contributed by atoms with Crippen molar-refractivity contribution in [2.24, 2.45) is 0 Å². The third-order valence-corrected chi connectivity index (χ3v) is 4.43. The van der Waals surface area contributed by atoms with Crippen LogP contribution in [0.2, 0.25) is 0 Å². The fourth-order valence-electron chi connectivity index (χ4n) is 3.05. The molecule has 146 valence electrons. The van der Waals surface area contributed by atoms with Crippen molar-refractivity contribution in [3.8, 4) is 17.0 Å². The van der Waals surface area contributed by atoms with E-state index in [2.05, 4.69) is 10.3 Å². The molecule has 0 aliphatic rings. The lowest BCUT2D eigenvalue weighted by Gasteiger charge is -2.10. The van der Waals surface area contributed by atoms with Crippen molar-refractivity contribution in [2.75, 3.05) is 19.0 Å². The van der Waals surface area contributed by atoms with Crippen LogP contribution in [0.1, 0.15) is 17.3 Å². The molecule has 0 aliphatic heterocycles. The van der Waals surface area contributed by atoms with Crippen LogP contribution in [-0.4, -0.2) is 34.1 Å². The fraction of sp³-hybridized carbons (Fsp3) is 0.136. The molecule has 7 heteroatoms. The van der Waals surface area contributed by atoms with Crippen LogP contribution in [0.25, 0.3) is 16.9 Å². The number of nitrogens with one attached hydrogen (secondary N) is 1. The van der Waals surface area contributed by atoms with Crippen molar-refractivity contribution in [2.45, 2.75) is 6.92 Å². The van der Waals surface area contributed by atoms with Crippen LogP contribution in [0, 0.1) is 0 Å². The lowest BCUT2D eigenvalue weighted by molar-refractivity contribution is 0.0526. The highest BCUT2D eigenvalue weighted by atomic mass is 16.5. The molecule has 0 bridgehead atoms. The predicted octanol–water partition coefficient (Wildman–Crippen LogP) is 4.33. The van der Waals surface area contributed by atoms with Gasteiger partial charge in [0.05, 0.1) is 25.5 Å². The van der Waals surface area contributed by atoms with Gasteiger partial charge < -0.3 is 14.8 Å². The first-order valence-electron chi connectivity index (χ1n) is 9.20. The molecule has 7 nitrogen and oxygen atoms in total. The van der Waals surface area contributed by atoms with E-state index in [1.54, 1.807) is 38.6 Å². The molecule has 4 rings (SSSR count). The number of anilines is 2. The Morgan fingerprint density at radius 3 is 2.76 bits per heavy atom. The summed E-state index contributed by atoms with van der Waals surface area (Å²) in [7, 11) is 1.63. The molecule has 0 atom stereocenters. The number of methoxy groups -OCH3 is 1. The number of benzene rings is 2. The van der Waals surface area contributed by atoms with Crippen LogP contribution in [0.15, 0.2) is 67.1 Å². The Bertz CT molecular complexity index is 1150. The van der Waals surface area contributed by atoms with E-state index in [0.717, 1.165) is 28.5 Å². The summed E-state index contributed by atoms with van der Waals surface area (Å²) in [6.07, 6.45) is 5.24. The van der Waals surface area contributed by atoms with Gasteiger partial charge in [-0.2, -0.15) is 0 Å². The first-order valence-corrected chi connectivity index (χ1v) is 9.20. The number of carbonyl (C=O) groups excluding carboxylic acids is 1. The number of hydrogen-bond donors (Lipinski definition) is 1. The number of hydrogen-bond acceptors (Lipinski definition) is 6. The summed E-state index contributed by atoms with van der Waals surface area (Å²) < 4.78 is 12.3. The molecule has 2 heterocycles. The molecule has 0 radical (unpaired) electrons. The highest BCUT2D eigenvalue weighted by Gasteiger charge is 2.15. The van der Waals surface area contributed by atoms with Gasteiger partial charge in [-0.05, 0) is 49.4 Å². The monoisotopic (exact) mass is 388 g/mol. The molecule has 0 fully saturated rings. The van der Waals surface area contributed by atoms with E-state index < -0.39 is 0 Å². The number of fused-ring (bicyclic) bond motifs is 1. The second kappa shape index (κ2) is 8.02. The average Bonchev–Trinajstić information content (AvgIpc) is 3.12. The Labute approximate surface area is 168 Å². The maximum atomic E-state index is 12.1. The van der Waals surface area contributed by atoms with Crippen molar-refractivity contribution in [1.82, 2.24) is 14.4 Å². The van der Waals surface area contributed by atoms with Crippen LogP contribution < -0.4 is 10.1 Å². The lowest BCUT2D eigenvalue weighted by atomic mass is 10.1. The number of carbonyl (C=O) groups is 1. The Balaban J connectivity index is 1.77. The maximum absolute atomic E-state index is 12.1. The Morgan fingerprint density at radius 2 is 2.00 bits per heavy atom. The minimum absolute atomic E-state index is 0.332. The number of esters is 1. The number of rotatable bonds is 6. The second-order valence-corrected chi connectivity index (χ2v) is 6.27. The van der Waals surface area contributed by atoms with E-state index >= 15 is 0 Å². The van der Waals surface area contributed by atoms with E-state index in [-0.39, 0.29) is 5.97 Å². The summed E-state index contributed by atoms with van der Waals surface area (Å²) in [5.74, 6) is 1.19. The summed E-state index contributed by atoms with van der Waals surface area (Å²) in [5, 5.41) is 3.39. The standard InChI is InChI=1S/C22H20N4O3/c1-3-29-22(27)16-5-4-6-17(13-16)24-21-20(15-7-9-18(28-2)10-8-15)25-19-14-23-11-12-26(19)21/h4-14,24H,3H2,1-2H3. The van der Waals surface area contributed by atoms with Gasteiger partial charge >= 0.3 is 5.97 Å². The second-order valence-electron chi connectivity index (χ2n) is 6.27. The predicted molar refractivity (Wildman–Crippen MR) is 111 cm³/mol. The van der Waals surface area contributed by atoms with Gasteiger partial charge in [-0.3, -0.25) is 9.38 Å². The molecular weight excluding hydrogens is 368 g/mol. The van der Waals surface area contributed by atoms with E-state index in [4.69, 9.17) is 14.5 Å². The van der Waals surface area contributed by atoms with Gasteiger partial charge in [0.25, 0.3) is 0 Å². The first-order chi connectivity index (χ1) is 14.2. The zero-order valence-electron chi connectivity index (χ0n) is 16.1. The van der Waals surface area contributed by atoms with Gasteiger partial charge in [-0.1, -0.05) is 6.07 Å². The van der Waals surface area contributed by atoms with Gasteiger partial charge in [-0.25, -0.2) is 9.78 Å². The summed E-state index contributed by atoms with van der Waals surface area (Å²) in [6.45, 7) is 2.12. The zero-order valence-corrected chi connectivity index (χ0v) is 16.1. The molecule has 0 amide bonds. The Kier molecular flexibility index (Phi) is 5.11. The SMILES string of the molecule is CCOC(=O)c1cccc(Nc2c(-c3ccc(OC)cc3)nc3cnccn23)c1. The van der Waals surface area contributed by atoms with Gasteiger partial charge in [-0.15, -0.1) is 0 Å². The Morgan fingerprint density at radius 1 is 1.17 bits per heavy atom. The highest BCUT2D eigenvalue weighted by Crippen LogP contribution is 2.32. The molecule has 0 unspecified atom stereocenters. The quantitative estimate of drug-likeness (QED) is 0.496. The highest BCUT2D eigenvalue weighted by molar-refractivity contribution is 5.91. The van der Waals surface area contributed by atoms with Gasteiger partial charge in [0.15, 0.2) is 5.65 Å². The Hall–Kier alpha value is -3.87. The van der Waals surface area contributed by atoms with Crippen LogP contribution in [0.3, 0.4) is 0 Å². The normalized spacial score (nSPS) is 10.7. The number of imidazole rings is 1. The van der Waals surface area contributed by atoms with Gasteiger partial charge in [0.2, 0.25) is 0 Å². The largest absolute Gasteiger partial charge is 0.497 e. The van der Waals surface area contributed by atoms with E-state index in [1.165, 1.54) is 0 Å². The summed E-state index contributed by atoms with van der Waals surface area (Å²) >= 11 is 0. The third-order valence-electron chi connectivity index (χ3n) is 4.43. The molecule has 4 aromatic rings. The van der Waals surface area contributed by atoms with Crippen LogP contribution in [0.4, 0.5) is 11.5 Å². The van der Waals surface area contributed by atoms with Crippen LogP contribution in [0.5, 0.6) is 5.75 Å². The van der Waals surface area contributed by atoms with E-state index in [9.17, 15) is 4.79 Å². The molecule has 0 saturated heterocycles. The topological polar surface area (TPSA) is 77.8 Å². The summed E-state index contributed by atoms with van der Waals surface area (Å²) in [5.41, 5.74) is 3.64. The van der Waals surface area contributed by atoms with E-state index in [1.807, 2.05) is 47.0 Å². The molecular formula is C22H20N4O3. The lowest BCUT2D eigenvalue weighted by Crippen LogP contribution is -2.05. The van der Waals surface area contributed by atoms with E-state index in [0.29, 0.717) is 17.8 Å². The molecule has 0 spiro atoms. The molecule has 1 N–H and O–H groups in total. The van der Waals surface area contributed by atoms with Crippen molar-refractivity contribution < 1.29 is 14.3 Å². The molecule has 0 saturated carbocycles. The van der Waals surface area contributed by atoms with Gasteiger partial charge in [0, 0.05) is 23.6 Å². The molecule has 29 heavy (non-hydrogen) atoms. The minimum Gasteiger partial charge on any atom is -0.497 e. The average molecular weight is 388 g/mol. The number of nitrogens with zero attached hydrogens (tertiary/aromatic N) is 3. The van der Waals surface area contributed by atoms with Crippen molar-refractivity contribution in [1.29, 1.82) is 0 Å².